The van der Waals surface area contributed by atoms with E-state index in [0.29, 0.717) is 0 Å². The van der Waals surface area contributed by atoms with Crippen LogP contribution in [0.2, 0.25) is 0 Å². The number of hydrogen-bond donors (Lipinski definition) is 0. The second-order valence-electron chi connectivity index (χ2n) is 4.49. The highest BCUT2D eigenvalue weighted by Gasteiger charge is 2.05. The molecule has 0 aliphatic carbocycles. The molecule has 0 aromatic heterocycles. The molecule has 0 aliphatic rings. The van der Waals surface area contributed by atoms with Gasteiger partial charge in [-0.1, -0.05) is 30.3 Å². The molecule has 0 saturated heterocycles. The molecule has 0 bridgehead atoms. The van der Waals surface area contributed by atoms with Crippen LogP contribution in [-0.2, 0) is 6.54 Å². The monoisotopic (exact) mass is 241 g/mol. The Morgan fingerprint density at radius 1 is 1.06 bits per heavy atom. The number of nitrogens with zero attached hydrogens (tertiary/aromatic N) is 1. The van der Waals surface area contributed by atoms with Crippen molar-refractivity contribution in [3.63, 3.8) is 0 Å². The quantitative estimate of drug-likeness (QED) is 0.810. The molecule has 0 N–H and O–H groups in total. The fourth-order valence-corrected chi connectivity index (χ4v) is 2.12. The molecular weight excluding hydrogens is 222 g/mol. The topological polar surface area (TPSA) is 12.5 Å². The molecule has 0 saturated carbocycles. The number of rotatable bonds is 4. The van der Waals surface area contributed by atoms with Crippen molar-refractivity contribution in [2.24, 2.45) is 0 Å². The van der Waals surface area contributed by atoms with Crippen molar-refractivity contribution in [2.75, 3.05) is 19.1 Å². The molecule has 0 radical (unpaired) electrons. The van der Waals surface area contributed by atoms with Crippen LogP contribution >= 0.6 is 0 Å². The summed E-state index contributed by atoms with van der Waals surface area (Å²) in [7, 11) is 3.81. The van der Waals surface area contributed by atoms with Gasteiger partial charge in [0, 0.05) is 19.3 Å². The first-order valence-electron chi connectivity index (χ1n) is 6.10. The van der Waals surface area contributed by atoms with E-state index in [1.54, 1.807) is 7.11 Å². The van der Waals surface area contributed by atoms with Crippen LogP contribution in [0.1, 0.15) is 11.1 Å². The van der Waals surface area contributed by atoms with Crippen LogP contribution in [0.5, 0.6) is 5.75 Å². The van der Waals surface area contributed by atoms with E-state index in [4.69, 9.17) is 4.74 Å². The van der Waals surface area contributed by atoms with Crippen molar-refractivity contribution in [2.45, 2.75) is 13.5 Å². The number of hydrogen-bond acceptors (Lipinski definition) is 2. The molecule has 2 aromatic rings. The van der Waals surface area contributed by atoms with Gasteiger partial charge in [-0.2, -0.15) is 0 Å². The minimum Gasteiger partial charge on any atom is -0.497 e. The number of methoxy groups -OCH3 is 1. The van der Waals surface area contributed by atoms with Crippen molar-refractivity contribution < 1.29 is 4.74 Å². The largest absolute Gasteiger partial charge is 0.497 e. The molecule has 0 heterocycles. The van der Waals surface area contributed by atoms with E-state index >= 15 is 0 Å². The summed E-state index contributed by atoms with van der Waals surface area (Å²) >= 11 is 0. The van der Waals surface area contributed by atoms with Gasteiger partial charge in [0.15, 0.2) is 0 Å². The number of para-hydroxylation sites is 1. The fraction of sp³-hybridized carbons (Fsp3) is 0.250. The third-order valence-electron chi connectivity index (χ3n) is 3.08. The molecule has 0 amide bonds. The first-order valence-corrected chi connectivity index (χ1v) is 6.10. The average Bonchev–Trinajstić information content (AvgIpc) is 2.39. The lowest BCUT2D eigenvalue weighted by molar-refractivity contribution is 0.414. The van der Waals surface area contributed by atoms with Gasteiger partial charge < -0.3 is 9.64 Å². The van der Waals surface area contributed by atoms with Gasteiger partial charge in [0.25, 0.3) is 0 Å². The van der Waals surface area contributed by atoms with Crippen LogP contribution in [0.4, 0.5) is 5.69 Å². The predicted molar refractivity (Wildman–Crippen MR) is 76.3 cm³/mol. The van der Waals surface area contributed by atoms with Crippen molar-refractivity contribution in [1.29, 1.82) is 0 Å². The van der Waals surface area contributed by atoms with Gasteiger partial charge in [0.2, 0.25) is 0 Å². The van der Waals surface area contributed by atoms with E-state index in [1.165, 1.54) is 16.8 Å². The molecule has 94 valence electrons. The van der Waals surface area contributed by atoms with Crippen molar-refractivity contribution >= 4 is 5.69 Å². The van der Waals surface area contributed by atoms with Crippen LogP contribution in [0.25, 0.3) is 0 Å². The SMILES string of the molecule is COc1cccc(CN(C)c2ccccc2C)c1. The van der Waals surface area contributed by atoms with Crippen molar-refractivity contribution in [1.82, 2.24) is 0 Å². The minimum absolute atomic E-state index is 0.877. The third-order valence-corrected chi connectivity index (χ3v) is 3.08. The maximum Gasteiger partial charge on any atom is 0.119 e. The summed E-state index contributed by atoms with van der Waals surface area (Å²) in [6.45, 7) is 3.01. The molecule has 0 fully saturated rings. The molecule has 0 unspecified atom stereocenters. The lowest BCUT2D eigenvalue weighted by Crippen LogP contribution is -2.17. The van der Waals surface area contributed by atoms with E-state index in [0.717, 1.165) is 12.3 Å². The van der Waals surface area contributed by atoms with E-state index in [9.17, 15) is 0 Å². The lowest BCUT2D eigenvalue weighted by Gasteiger charge is -2.21. The Balaban J connectivity index is 2.16. The van der Waals surface area contributed by atoms with Gasteiger partial charge in [0.05, 0.1) is 7.11 Å². The van der Waals surface area contributed by atoms with Crippen LogP contribution < -0.4 is 9.64 Å². The van der Waals surface area contributed by atoms with Crippen LogP contribution in [0.15, 0.2) is 48.5 Å². The van der Waals surface area contributed by atoms with Gasteiger partial charge in [-0.25, -0.2) is 0 Å². The molecule has 0 atom stereocenters. The van der Waals surface area contributed by atoms with Gasteiger partial charge in [-0.3, -0.25) is 0 Å². The van der Waals surface area contributed by atoms with E-state index in [1.807, 2.05) is 12.1 Å². The van der Waals surface area contributed by atoms with Gasteiger partial charge in [-0.15, -0.1) is 0 Å². The molecular formula is C16H19NO. The molecule has 0 aliphatic heterocycles. The summed E-state index contributed by atoms with van der Waals surface area (Å²) in [4.78, 5) is 2.25. The second-order valence-corrected chi connectivity index (χ2v) is 4.49. The number of ether oxygens (including phenoxy) is 1. The minimum atomic E-state index is 0.877. The highest BCUT2D eigenvalue weighted by atomic mass is 16.5. The first-order chi connectivity index (χ1) is 8.70. The maximum absolute atomic E-state index is 5.25. The summed E-state index contributed by atoms with van der Waals surface area (Å²) in [6, 6.07) is 16.6. The van der Waals surface area contributed by atoms with Gasteiger partial charge >= 0.3 is 0 Å². The first kappa shape index (κ1) is 12.5. The Kier molecular flexibility index (Phi) is 3.88. The number of benzene rings is 2. The Hall–Kier alpha value is -1.96. The van der Waals surface area contributed by atoms with Crippen molar-refractivity contribution in [3.05, 3.63) is 59.7 Å². The lowest BCUT2D eigenvalue weighted by atomic mass is 10.1. The van der Waals surface area contributed by atoms with Gasteiger partial charge in [-0.05, 0) is 36.2 Å². The summed E-state index contributed by atoms with van der Waals surface area (Å²) in [5.41, 5.74) is 3.81. The zero-order chi connectivity index (χ0) is 13.0. The van der Waals surface area contributed by atoms with Crippen LogP contribution in [0.3, 0.4) is 0 Å². The Labute approximate surface area is 109 Å². The predicted octanol–water partition coefficient (Wildman–Crippen LogP) is 3.64. The average molecular weight is 241 g/mol. The highest BCUT2D eigenvalue weighted by molar-refractivity contribution is 5.52. The van der Waals surface area contributed by atoms with E-state index < -0.39 is 0 Å². The van der Waals surface area contributed by atoms with E-state index in [2.05, 4.69) is 55.3 Å². The molecule has 2 rings (SSSR count). The Morgan fingerprint density at radius 2 is 1.83 bits per heavy atom. The van der Waals surface area contributed by atoms with Crippen LogP contribution in [0, 0.1) is 6.92 Å². The summed E-state index contributed by atoms with van der Waals surface area (Å²) in [5, 5.41) is 0. The molecule has 2 nitrogen and oxygen atoms in total. The molecule has 2 heteroatoms. The summed E-state index contributed by atoms with van der Waals surface area (Å²) in [5.74, 6) is 0.908. The molecule has 18 heavy (non-hydrogen) atoms. The van der Waals surface area contributed by atoms with Crippen molar-refractivity contribution in [3.8, 4) is 5.75 Å². The third kappa shape index (κ3) is 2.83. The number of anilines is 1. The van der Waals surface area contributed by atoms with E-state index in [-0.39, 0.29) is 0 Å². The number of aryl methyl sites for hydroxylation is 1. The zero-order valence-electron chi connectivity index (χ0n) is 11.2. The Morgan fingerprint density at radius 3 is 2.56 bits per heavy atom. The van der Waals surface area contributed by atoms with Gasteiger partial charge in [0.1, 0.15) is 5.75 Å². The second kappa shape index (κ2) is 5.58. The van der Waals surface area contributed by atoms with Crippen LogP contribution in [-0.4, -0.2) is 14.2 Å². The zero-order valence-corrected chi connectivity index (χ0v) is 11.2. The highest BCUT2D eigenvalue weighted by Crippen LogP contribution is 2.21. The smallest absolute Gasteiger partial charge is 0.119 e. The standard InChI is InChI=1S/C16H19NO/c1-13-7-4-5-10-16(13)17(2)12-14-8-6-9-15(11-14)18-3/h4-11H,12H2,1-3H3. The molecule has 2 aromatic carbocycles. The summed E-state index contributed by atoms with van der Waals surface area (Å²) in [6.07, 6.45) is 0. The normalized spacial score (nSPS) is 10.2. The maximum atomic E-state index is 5.25. The summed E-state index contributed by atoms with van der Waals surface area (Å²) < 4.78 is 5.25. The fourth-order valence-electron chi connectivity index (χ4n) is 2.12. The molecule has 0 spiro atoms. The Bertz CT molecular complexity index is 522.